The van der Waals surface area contributed by atoms with Crippen LogP contribution >= 0.6 is 7.67 Å². The zero-order chi connectivity index (χ0) is 20.0. The zero-order valence-electron chi connectivity index (χ0n) is 16.3. The number of hydrogen-bond donors (Lipinski definition) is 1. The second kappa shape index (κ2) is 10.2. The quantitative estimate of drug-likeness (QED) is 0.434. The van der Waals surface area contributed by atoms with Crippen LogP contribution in [0.4, 0.5) is 4.79 Å². The fraction of sp³-hybridized carbons (Fsp3) is 0.933. The van der Waals surface area contributed by atoms with Crippen molar-refractivity contribution in [2.75, 3.05) is 80.2 Å². The lowest BCUT2D eigenvalue weighted by Gasteiger charge is -2.41. The molecule has 3 atom stereocenters. The number of hydrogen-bond acceptors (Lipinski definition) is 7. The maximum absolute atomic E-state index is 13.5. The van der Waals surface area contributed by atoms with Crippen LogP contribution < -0.4 is 0 Å². The van der Waals surface area contributed by atoms with Crippen LogP contribution in [0, 0.1) is 0 Å². The molecule has 0 spiro atoms. The fourth-order valence-corrected chi connectivity index (χ4v) is 5.09. The molecule has 10 nitrogen and oxygen atoms in total. The number of aliphatic hydroxyl groups excluding tert-OH is 1. The van der Waals surface area contributed by atoms with E-state index in [1.807, 2.05) is 7.05 Å². The largest absolute Gasteiger partial charge is 0.447 e. The summed E-state index contributed by atoms with van der Waals surface area (Å²) in [5.74, 6) is 0. The van der Waals surface area contributed by atoms with E-state index in [1.54, 1.807) is 23.4 Å². The molecule has 2 heterocycles. The summed E-state index contributed by atoms with van der Waals surface area (Å²) >= 11 is 0. The topological polar surface area (TPSA) is 95.0 Å². The van der Waals surface area contributed by atoms with Crippen LogP contribution in [0.3, 0.4) is 0 Å². The number of piperazine rings is 1. The summed E-state index contributed by atoms with van der Waals surface area (Å²) in [5.41, 5.74) is 0. The van der Waals surface area contributed by atoms with Gasteiger partial charge < -0.3 is 28.9 Å². The maximum Gasteiger partial charge on any atom is 0.409 e. The van der Waals surface area contributed by atoms with Crippen molar-refractivity contribution >= 4 is 21.6 Å². The number of carbonyl (C=O) groups is 1. The highest BCUT2D eigenvalue weighted by Crippen LogP contribution is 2.53. The van der Waals surface area contributed by atoms with Crippen molar-refractivity contribution in [3.8, 4) is 0 Å². The summed E-state index contributed by atoms with van der Waals surface area (Å²) in [7, 11) is 7.99. The molecule has 154 valence electrons. The van der Waals surface area contributed by atoms with Gasteiger partial charge in [0.15, 0.2) is 0 Å². The van der Waals surface area contributed by atoms with E-state index in [1.165, 1.54) is 4.90 Å². The molecule has 2 radical (unpaired) electrons. The minimum Gasteiger partial charge on any atom is -0.447 e. The third-order valence-corrected chi connectivity index (χ3v) is 7.11. The Labute approximate surface area is 162 Å². The molecule has 1 N–H and O–H groups in total. The van der Waals surface area contributed by atoms with E-state index < -0.39 is 13.8 Å². The molecule has 2 aliphatic heterocycles. The molecular weight excluding hydrogens is 374 g/mol. The molecular formula is C15H30BN4O6P. The van der Waals surface area contributed by atoms with Crippen molar-refractivity contribution in [3.63, 3.8) is 0 Å². The van der Waals surface area contributed by atoms with Gasteiger partial charge in [0, 0.05) is 45.3 Å². The van der Waals surface area contributed by atoms with Gasteiger partial charge in [-0.25, -0.2) is 14.1 Å². The van der Waals surface area contributed by atoms with E-state index in [-0.39, 0.29) is 31.9 Å². The van der Waals surface area contributed by atoms with Crippen molar-refractivity contribution in [2.45, 2.75) is 12.1 Å². The van der Waals surface area contributed by atoms with E-state index in [0.717, 1.165) is 0 Å². The lowest BCUT2D eigenvalue weighted by molar-refractivity contribution is -0.0618. The van der Waals surface area contributed by atoms with Crippen molar-refractivity contribution in [3.05, 3.63) is 0 Å². The van der Waals surface area contributed by atoms with Gasteiger partial charge in [-0.15, -0.1) is 0 Å². The lowest BCUT2D eigenvalue weighted by Crippen LogP contribution is -2.50. The molecule has 0 bridgehead atoms. The predicted octanol–water partition coefficient (Wildman–Crippen LogP) is -0.756. The Balaban J connectivity index is 1.90. The molecule has 1 amide bonds. The Hall–Kier alpha value is -0.675. The minimum atomic E-state index is -3.24. The molecule has 0 aromatic heterocycles. The monoisotopic (exact) mass is 404 g/mol. The molecule has 3 unspecified atom stereocenters. The van der Waals surface area contributed by atoms with Crippen LogP contribution in [0.1, 0.15) is 0 Å². The van der Waals surface area contributed by atoms with Gasteiger partial charge in [-0.3, -0.25) is 4.57 Å². The predicted molar refractivity (Wildman–Crippen MR) is 101 cm³/mol. The summed E-state index contributed by atoms with van der Waals surface area (Å²) in [6.45, 7) is 2.78. The third-order valence-electron chi connectivity index (χ3n) is 4.50. The fourth-order valence-electron chi connectivity index (χ4n) is 3.14. The van der Waals surface area contributed by atoms with Crippen molar-refractivity contribution < 1.29 is 28.5 Å². The smallest absolute Gasteiger partial charge is 0.409 e. The first-order valence-corrected chi connectivity index (χ1v) is 10.6. The Morgan fingerprint density at radius 2 is 1.96 bits per heavy atom. The van der Waals surface area contributed by atoms with E-state index in [4.69, 9.17) is 27.0 Å². The summed E-state index contributed by atoms with van der Waals surface area (Å²) < 4.78 is 33.3. The van der Waals surface area contributed by atoms with E-state index in [0.29, 0.717) is 39.3 Å². The van der Waals surface area contributed by atoms with Gasteiger partial charge in [0.25, 0.3) is 0 Å². The molecule has 0 saturated carbocycles. The zero-order valence-corrected chi connectivity index (χ0v) is 17.2. The summed E-state index contributed by atoms with van der Waals surface area (Å²) in [5, 5.41) is 8.74. The van der Waals surface area contributed by atoms with Crippen molar-refractivity contribution in [2.24, 2.45) is 0 Å². The average Bonchev–Trinajstić information content (AvgIpc) is 2.63. The minimum absolute atomic E-state index is 0.0314. The Morgan fingerprint density at radius 1 is 1.30 bits per heavy atom. The number of carbonyl (C=O) groups excluding carboxylic acids is 1. The van der Waals surface area contributed by atoms with Gasteiger partial charge in [-0.1, -0.05) is 0 Å². The van der Waals surface area contributed by atoms with Gasteiger partial charge in [-0.2, -0.15) is 0 Å². The van der Waals surface area contributed by atoms with E-state index in [2.05, 4.69) is 4.90 Å². The first-order valence-electron chi connectivity index (χ1n) is 9.06. The van der Waals surface area contributed by atoms with E-state index >= 15 is 0 Å². The molecule has 0 aromatic carbocycles. The van der Waals surface area contributed by atoms with Crippen molar-refractivity contribution in [1.29, 1.82) is 0 Å². The standard InChI is InChI=1S/C15H30BN4O6P/c1-17(2)27(23,25-12-13-10-18(3)11-14(16)26-13)20-6-4-19(5-7-20)15(22)24-9-8-21/h13-14,21H,4-12H2,1-3H3. The van der Waals surface area contributed by atoms with Crippen LogP contribution in [-0.2, 0) is 18.6 Å². The summed E-state index contributed by atoms with van der Waals surface area (Å²) in [6.07, 6.45) is -0.723. The van der Waals surface area contributed by atoms with Crippen LogP contribution in [0.5, 0.6) is 0 Å². The van der Waals surface area contributed by atoms with Gasteiger partial charge >= 0.3 is 13.8 Å². The van der Waals surface area contributed by atoms with Crippen LogP contribution in [-0.4, -0.2) is 131 Å². The number of nitrogens with zero attached hydrogens (tertiary/aromatic N) is 4. The van der Waals surface area contributed by atoms with Gasteiger partial charge in [0.1, 0.15) is 14.5 Å². The number of amides is 1. The van der Waals surface area contributed by atoms with E-state index in [9.17, 15) is 9.36 Å². The average molecular weight is 404 g/mol. The SMILES string of the molecule is [B]C1CN(C)CC(COP(=O)(N(C)C)N2CCN(C(=O)OCCO)CC2)O1. The van der Waals surface area contributed by atoms with Gasteiger partial charge in [-0.05, 0) is 21.1 Å². The number of rotatable bonds is 7. The maximum atomic E-state index is 13.5. The molecule has 2 rings (SSSR count). The Bertz CT molecular complexity index is 524. The molecule has 2 saturated heterocycles. The highest BCUT2D eigenvalue weighted by atomic mass is 31.2. The molecule has 27 heavy (non-hydrogen) atoms. The first kappa shape index (κ1) is 22.6. The van der Waals surface area contributed by atoms with Crippen LogP contribution in [0.25, 0.3) is 0 Å². The Morgan fingerprint density at radius 3 is 2.52 bits per heavy atom. The molecule has 2 aliphatic rings. The van der Waals surface area contributed by atoms with Crippen molar-refractivity contribution in [1.82, 2.24) is 19.1 Å². The van der Waals surface area contributed by atoms with Crippen LogP contribution in [0.2, 0.25) is 0 Å². The normalized spacial score (nSPS) is 27.5. The number of morpholine rings is 1. The second-order valence-corrected chi connectivity index (χ2v) is 9.54. The first-order chi connectivity index (χ1) is 12.8. The third kappa shape index (κ3) is 6.15. The summed E-state index contributed by atoms with van der Waals surface area (Å²) in [4.78, 5) is 15.5. The second-order valence-electron chi connectivity index (χ2n) is 6.93. The van der Waals surface area contributed by atoms with Crippen LogP contribution in [0.15, 0.2) is 0 Å². The highest BCUT2D eigenvalue weighted by molar-refractivity contribution is 7.53. The van der Waals surface area contributed by atoms with Gasteiger partial charge in [0.05, 0.1) is 19.3 Å². The number of aliphatic hydroxyl groups is 1. The number of ether oxygens (including phenoxy) is 2. The molecule has 12 heteroatoms. The highest BCUT2D eigenvalue weighted by Gasteiger charge is 2.39. The van der Waals surface area contributed by atoms with Gasteiger partial charge in [0.2, 0.25) is 0 Å². The lowest BCUT2D eigenvalue weighted by atomic mass is 9.98. The molecule has 0 aromatic rings. The molecule has 2 fully saturated rings. The summed E-state index contributed by atoms with van der Waals surface area (Å²) in [6, 6.07) is -0.385. The molecule has 0 aliphatic carbocycles. The Kier molecular flexibility index (Phi) is 8.54. The number of likely N-dealkylation sites (N-methyl/N-ethyl adjacent to an activating group) is 1.